The Labute approximate surface area is 59.7 Å². The quantitative estimate of drug-likeness (QED) is 0.444. The molecule has 4 heteroatoms. The van der Waals surface area contributed by atoms with Crippen LogP contribution in [0.25, 0.3) is 0 Å². The Morgan fingerprint density at radius 3 is 2.80 bits per heavy atom. The predicted octanol–water partition coefficient (Wildman–Crippen LogP) is -0.960. The number of rotatable bonds is 3. The Morgan fingerprint density at radius 1 is 1.50 bits per heavy atom. The molecule has 0 saturated heterocycles. The van der Waals surface area contributed by atoms with Crippen molar-refractivity contribution in [2.45, 2.75) is 6.17 Å². The Bertz CT molecular complexity index is 136. The molecule has 0 bridgehead atoms. The molecular weight excluding hydrogens is 130 g/mol. The van der Waals surface area contributed by atoms with Crippen LogP contribution < -0.4 is 10.6 Å². The average Bonchev–Trinajstić information content (AvgIpc) is 2.41. The highest BCUT2D eigenvalue weighted by molar-refractivity contribution is 5.64. The molecule has 0 atom stereocenters. The van der Waals surface area contributed by atoms with Crippen LogP contribution in [-0.4, -0.2) is 30.6 Å². The number of aliphatic imine (C=N–C) groups is 1. The summed E-state index contributed by atoms with van der Waals surface area (Å²) in [6.45, 7) is 0.580. The normalized spacial score (nSPS) is 17.7. The van der Waals surface area contributed by atoms with Gasteiger partial charge in [-0.2, -0.15) is 0 Å². The summed E-state index contributed by atoms with van der Waals surface area (Å²) < 4.78 is 0. The molecule has 0 saturated carbocycles. The summed E-state index contributed by atoms with van der Waals surface area (Å²) in [5, 5.41) is 14.4. The third kappa shape index (κ3) is 2.06. The van der Waals surface area contributed by atoms with Gasteiger partial charge in [0.05, 0.1) is 13.2 Å². The van der Waals surface area contributed by atoms with Gasteiger partial charge in [-0.1, -0.05) is 0 Å². The van der Waals surface area contributed by atoms with Crippen LogP contribution in [0.15, 0.2) is 17.4 Å². The van der Waals surface area contributed by atoms with Gasteiger partial charge in [0.25, 0.3) is 0 Å². The summed E-state index contributed by atoms with van der Waals surface area (Å²) in [5.74, 6) is 0. The largest absolute Gasteiger partial charge is 0.394 e. The lowest BCUT2D eigenvalue weighted by molar-refractivity contribution is 0.307. The third-order valence-corrected chi connectivity index (χ3v) is 1.12. The van der Waals surface area contributed by atoms with Crippen molar-refractivity contribution in [3.05, 3.63) is 12.4 Å². The molecule has 0 unspecified atom stereocenters. The number of aliphatic hydroxyl groups is 1. The molecule has 0 spiro atoms. The maximum atomic E-state index is 8.37. The molecule has 0 radical (unpaired) electrons. The molecule has 0 amide bonds. The minimum atomic E-state index is 0.103. The highest BCUT2D eigenvalue weighted by Gasteiger charge is 2.01. The molecule has 10 heavy (non-hydrogen) atoms. The molecule has 56 valence electrons. The van der Waals surface area contributed by atoms with E-state index in [9.17, 15) is 0 Å². The van der Waals surface area contributed by atoms with E-state index in [1.54, 1.807) is 6.21 Å². The maximum Gasteiger partial charge on any atom is 0.132 e. The molecule has 1 rings (SSSR count). The highest BCUT2D eigenvalue weighted by atomic mass is 16.3. The zero-order chi connectivity index (χ0) is 7.23. The molecule has 3 N–H and O–H groups in total. The highest BCUT2D eigenvalue weighted by Crippen LogP contribution is 1.82. The minimum absolute atomic E-state index is 0.103. The summed E-state index contributed by atoms with van der Waals surface area (Å²) in [6, 6.07) is 0. The summed E-state index contributed by atoms with van der Waals surface area (Å²) in [4.78, 5) is 3.93. The van der Waals surface area contributed by atoms with E-state index >= 15 is 0 Å². The Balaban J connectivity index is 2.12. The summed E-state index contributed by atoms with van der Waals surface area (Å²) >= 11 is 0. The molecular formula is C6H11N3O. The van der Waals surface area contributed by atoms with Crippen LogP contribution in [0, 0.1) is 0 Å². The van der Waals surface area contributed by atoms with E-state index in [0.717, 1.165) is 0 Å². The van der Waals surface area contributed by atoms with Crippen LogP contribution in [0.4, 0.5) is 0 Å². The van der Waals surface area contributed by atoms with Crippen LogP contribution in [0.2, 0.25) is 0 Å². The van der Waals surface area contributed by atoms with Crippen molar-refractivity contribution >= 4 is 6.21 Å². The summed E-state index contributed by atoms with van der Waals surface area (Å²) in [6.07, 6.45) is 5.47. The second kappa shape index (κ2) is 3.90. The van der Waals surface area contributed by atoms with Gasteiger partial charge in [-0.25, -0.2) is 0 Å². The Hall–Kier alpha value is -1.03. The molecule has 0 aromatic heterocycles. The van der Waals surface area contributed by atoms with Gasteiger partial charge < -0.3 is 15.7 Å². The first-order valence-corrected chi connectivity index (χ1v) is 3.21. The van der Waals surface area contributed by atoms with Crippen molar-refractivity contribution in [3.8, 4) is 0 Å². The van der Waals surface area contributed by atoms with E-state index in [0.29, 0.717) is 6.54 Å². The first kappa shape index (κ1) is 7.08. The third-order valence-electron chi connectivity index (χ3n) is 1.12. The van der Waals surface area contributed by atoms with E-state index in [2.05, 4.69) is 15.6 Å². The first-order chi connectivity index (χ1) is 4.93. The molecule has 0 aromatic carbocycles. The first-order valence-electron chi connectivity index (χ1n) is 3.21. The lowest BCUT2D eigenvalue weighted by Crippen LogP contribution is -2.32. The molecule has 4 nitrogen and oxygen atoms in total. The van der Waals surface area contributed by atoms with E-state index in [-0.39, 0.29) is 12.8 Å². The Kier molecular flexibility index (Phi) is 2.76. The fourth-order valence-electron chi connectivity index (χ4n) is 0.675. The van der Waals surface area contributed by atoms with E-state index < -0.39 is 0 Å². The van der Waals surface area contributed by atoms with Crippen molar-refractivity contribution in [2.24, 2.45) is 4.99 Å². The topological polar surface area (TPSA) is 56.7 Å². The van der Waals surface area contributed by atoms with Crippen LogP contribution >= 0.6 is 0 Å². The molecule has 1 aliphatic rings. The van der Waals surface area contributed by atoms with Crippen molar-refractivity contribution in [1.29, 1.82) is 0 Å². The van der Waals surface area contributed by atoms with Gasteiger partial charge in [0.2, 0.25) is 0 Å². The van der Waals surface area contributed by atoms with Gasteiger partial charge in [0, 0.05) is 18.6 Å². The summed E-state index contributed by atoms with van der Waals surface area (Å²) in [5.41, 5.74) is 0. The van der Waals surface area contributed by atoms with Crippen LogP contribution in [0.5, 0.6) is 0 Å². The smallest absolute Gasteiger partial charge is 0.132 e. The molecule has 1 aliphatic heterocycles. The van der Waals surface area contributed by atoms with Crippen molar-refractivity contribution in [1.82, 2.24) is 10.6 Å². The van der Waals surface area contributed by atoms with Crippen molar-refractivity contribution in [3.63, 3.8) is 0 Å². The van der Waals surface area contributed by atoms with E-state index in [4.69, 9.17) is 5.11 Å². The van der Waals surface area contributed by atoms with Crippen molar-refractivity contribution < 1.29 is 5.11 Å². The number of aliphatic hydroxyl groups excluding tert-OH is 1. The van der Waals surface area contributed by atoms with Crippen molar-refractivity contribution in [2.75, 3.05) is 13.2 Å². The van der Waals surface area contributed by atoms with E-state index in [1.807, 2.05) is 12.4 Å². The fourth-order valence-corrected chi connectivity index (χ4v) is 0.675. The standard InChI is InChI=1S/C6H11N3O/c10-4-3-7-5-6-8-1-2-9-6/h1-2,5-6,8-10H,3-4H2/b7-5+. The lowest BCUT2D eigenvalue weighted by atomic mass is 10.5. The van der Waals surface area contributed by atoms with Gasteiger partial charge >= 0.3 is 0 Å². The van der Waals surface area contributed by atoms with Gasteiger partial charge in [0.1, 0.15) is 6.17 Å². The van der Waals surface area contributed by atoms with Gasteiger partial charge in [-0.3, -0.25) is 4.99 Å². The zero-order valence-electron chi connectivity index (χ0n) is 5.62. The fraction of sp³-hybridized carbons (Fsp3) is 0.500. The maximum absolute atomic E-state index is 8.37. The monoisotopic (exact) mass is 141 g/mol. The number of hydrogen-bond acceptors (Lipinski definition) is 4. The average molecular weight is 141 g/mol. The predicted molar refractivity (Wildman–Crippen MR) is 39.6 cm³/mol. The van der Waals surface area contributed by atoms with Crippen LogP contribution in [0.1, 0.15) is 0 Å². The number of nitrogens with one attached hydrogen (secondary N) is 2. The molecule has 0 aliphatic carbocycles. The van der Waals surface area contributed by atoms with Gasteiger partial charge in [0.15, 0.2) is 0 Å². The molecule has 1 heterocycles. The van der Waals surface area contributed by atoms with Crippen LogP contribution in [-0.2, 0) is 0 Å². The summed E-state index contributed by atoms with van der Waals surface area (Å²) in [7, 11) is 0. The Morgan fingerprint density at radius 2 is 2.20 bits per heavy atom. The second-order valence-electron chi connectivity index (χ2n) is 1.92. The lowest BCUT2D eigenvalue weighted by Gasteiger charge is -2.03. The SMILES string of the molecule is OCC/N=C/C1NC=CN1. The van der Waals surface area contributed by atoms with Gasteiger partial charge in [-0.05, 0) is 0 Å². The number of hydrogen-bond donors (Lipinski definition) is 3. The molecule has 0 aromatic rings. The molecule has 0 fully saturated rings. The number of nitrogens with zero attached hydrogens (tertiary/aromatic N) is 1. The van der Waals surface area contributed by atoms with Gasteiger partial charge in [-0.15, -0.1) is 0 Å². The van der Waals surface area contributed by atoms with E-state index in [1.165, 1.54) is 0 Å². The second-order valence-corrected chi connectivity index (χ2v) is 1.92. The zero-order valence-corrected chi connectivity index (χ0v) is 5.62. The van der Waals surface area contributed by atoms with Crippen LogP contribution in [0.3, 0.4) is 0 Å². The minimum Gasteiger partial charge on any atom is -0.394 e.